The largest absolute Gasteiger partial charge is 0.444 e. The molecule has 0 radical (unpaired) electrons. The summed E-state index contributed by atoms with van der Waals surface area (Å²) in [6, 6.07) is 9.06. The van der Waals surface area contributed by atoms with Crippen molar-refractivity contribution >= 4 is 17.7 Å². The second-order valence-corrected chi connectivity index (χ2v) is 9.56. The van der Waals surface area contributed by atoms with E-state index in [1.54, 1.807) is 23.2 Å². The highest BCUT2D eigenvalue weighted by Gasteiger charge is 2.56. The summed E-state index contributed by atoms with van der Waals surface area (Å²) in [4.78, 5) is 18.7. The standard InChI is InChI=1S/C23H27ClN2O4/c1-15-12-16(14-17(24)13-15)23(28)18-6-5-9-25-19(18)22(30-23)7-10-26(11-8-22)20(27)29-21(2,3)4/h5-6,9,12-14,28H,7-8,10-11H2,1-4H3. The van der Waals surface area contributed by atoms with Gasteiger partial charge in [-0.3, -0.25) is 4.98 Å². The van der Waals surface area contributed by atoms with E-state index in [0.29, 0.717) is 47.8 Å². The minimum absolute atomic E-state index is 0.336. The number of carbonyl (C=O) groups is 1. The Morgan fingerprint density at radius 1 is 1.27 bits per heavy atom. The van der Waals surface area contributed by atoms with E-state index in [1.165, 1.54) is 0 Å². The second kappa shape index (κ2) is 7.22. The molecular formula is C23H27ClN2O4. The van der Waals surface area contributed by atoms with E-state index in [2.05, 4.69) is 4.98 Å². The molecule has 30 heavy (non-hydrogen) atoms. The maximum atomic E-state index is 12.5. The van der Waals surface area contributed by atoms with Crippen LogP contribution in [0.2, 0.25) is 5.02 Å². The minimum atomic E-state index is -1.65. The lowest BCUT2D eigenvalue weighted by Crippen LogP contribution is -2.48. The van der Waals surface area contributed by atoms with Crippen LogP contribution in [0, 0.1) is 6.92 Å². The number of nitrogens with zero attached hydrogens (tertiary/aromatic N) is 2. The van der Waals surface area contributed by atoms with Gasteiger partial charge in [-0.05, 0) is 57.5 Å². The van der Waals surface area contributed by atoms with Crippen LogP contribution in [0.25, 0.3) is 0 Å². The van der Waals surface area contributed by atoms with Crippen molar-refractivity contribution in [2.45, 2.75) is 57.5 Å². The minimum Gasteiger partial charge on any atom is -0.444 e. The van der Waals surface area contributed by atoms with Crippen molar-refractivity contribution in [1.82, 2.24) is 9.88 Å². The van der Waals surface area contributed by atoms with Gasteiger partial charge in [0.1, 0.15) is 11.2 Å². The smallest absolute Gasteiger partial charge is 0.410 e. The van der Waals surface area contributed by atoms with Crippen molar-refractivity contribution in [3.8, 4) is 0 Å². The predicted molar refractivity (Wildman–Crippen MR) is 113 cm³/mol. The third kappa shape index (κ3) is 3.68. The lowest BCUT2D eigenvalue weighted by Gasteiger charge is -2.40. The molecule has 0 bridgehead atoms. The summed E-state index contributed by atoms with van der Waals surface area (Å²) in [6.45, 7) is 8.38. The molecule has 1 atom stereocenters. The lowest BCUT2D eigenvalue weighted by atomic mass is 9.86. The first-order chi connectivity index (χ1) is 14.0. The fraction of sp³-hybridized carbons (Fsp3) is 0.478. The number of pyridine rings is 1. The third-order valence-electron chi connectivity index (χ3n) is 5.60. The summed E-state index contributed by atoms with van der Waals surface area (Å²) >= 11 is 6.26. The molecule has 1 spiro atoms. The molecule has 1 saturated heterocycles. The van der Waals surface area contributed by atoms with Gasteiger partial charge in [0.15, 0.2) is 0 Å². The summed E-state index contributed by atoms with van der Waals surface area (Å²) in [6.07, 6.45) is 2.40. The van der Waals surface area contributed by atoms with E-state index >= 15 is 0 Å². The molecule has 2 aromatic rings. The Balaban J connectivity index is 1.65. The maximum Gasteiger partial charge on any atom is 0.410 e. The fourth-order valence-electron chi connectivity index (χ4n) is 4.29. The third-order valence-corrected chi connectivity index (χ3v) is 5.82. The van der Waals surface area contributed by atoms with Gasteiger partial charge >= 0.3 is 6.09 Å². The monoisotopic (exact) mass is 430 g/mol. The van der Waals surface area contributed by atoms with Gasteiger partial charge in [-0.1, -0.05) is 17.7 Å². The summed E-state index contributed by atoms with van der Waals surface area (Å²) < 4.78 is 11.9. The molecule has 0 saturated carbocycles. The van der Waals surface area contributed by atoms with Crippen LogP contribution >= 0.6 is 11.6 Å². The molecule has 6 nitrogen and oxygen atoms in total. The van der Waals surface area contributed by atoms with Gasteiger partial charge in [0, 0.05) is 48.3 Å². The fourth-order valence-corrected chi connectivity index (χ4v) is 4.58. The average molecular weight is 431 g/mol. The first-order valence-electron chi connectivity index (χ1n) is 10.2. The van der Waals surface area contributed by atoms with Crippen molar-refractivity contribution in [2.24, 2.45) is 0 Å². The Bertz CT molecular complexity index is 959. The molecule has 1 unspecified atom stereocenters. The van der Waals surface area contributed by atoms with E-state index in [0.717, 1.165) is 5.56 Å². The topological polar surface area (TPSA) is 71.9 Å². The van der Waals surface area contributed by atoms with Gasteiger partial charge < -0.3 is 19.5 Å². The van der Waals surface area contributed by atoms with Crippen molar-refractivity contribution in [3.05, 3.63) is 63.9 Å². The zero-order valence-corrected chi connectivity index (χ0v) is 18.5. The number of halogens is 1. The highest BCUT2D eigenvalue weighted by Crippen LogP contribution is 2.53. The molecule has 0 aliphatic carbocycles. The van der Waals surface area contributed by atoms with Crippen molar-refractivity contribution in [2.75, 3.05) is 13.1 Å². The highest BCUT2D eigenvalue weighted by atomic mass is 35.5. The number of rotatable bonds is 1. The molecule has 1 amide bonds. The van der Waals surface area contributed by atoms with E-state index < -0.39 is 17.0 Å². The van der Waals surface area contributed by atoms with Crippen LogP contribution in [0.1, 0.15) is 56.0 Å². The summed E-state index contributed by atoms with van der Waals surface area (Å²) in [5.41, 5.74) is 1.52. The molecule has 1 N–H and O–H groups in total. The van der Waals surface area contributed by atoms with Gasteiger partial charge in [0.2, 0.25) is 5.79 Å². The molecular weight excluding hydrogens is 404 g/mol. The van der Waals surface area contributed by atoms with Gasteiger partial charge in [-0.2, -0.15) is 0 Å². The van der Waals surface area contributed by atoms with Crippen LogP contribution in [0.3, 0.4) is 0 Å². The van der Waals surface area contributed by atoms with Crippen LogP contribution in [0.5, 0.6) is 0 Å². The summed E-state index contributed by atoms with van der Waals surface area (Å²) in [5, 5.41) is 12.2. The Morgan fingerprint density at radius 3 is 2.60 bits per heavy atom. The van der Waals surface area contributed by atoms with E-state index in [9.17, 15) is 9.90 Å². The van der Waals surface area contributed by atoms with Crippen LogP contribution in [0.4, 0.5) is 4.79 Å². The first kappa shape index (κ1) is 21.1. The Kier molecular flexibility index (Phi) is 5.08. The summed E-state index contributed by atoms with van der Waals surface area (Å²) in [5.74, 6) is -1.65. The van der Waals surface area contributed by atoms with Crippen LogP contribution < -0.4 is 0 Å². The number of benzene rings is 1. The quantitative estimate of drug-likeness (QED) is 0.721. The van der Waals surface area contributed by atoms with E-state index in [-0.39, 0.29) is 6.09 Å². The molecule has 2 aliphatic rings. The van der Waals surface area contributed by atoms with Gasteiger partial charge in [-0.25, -0.2) is 4.79 Å². The maximum absolute atomic E-state index is 12.5. The van der Waals surface area contributed by atoms with Crippen LogP contribution in [-0.2, 0) is 20.9 Å². The van der Waals surface area contributed by atoms with E-state index in [4.69, 9.17) is 21.1 Å². The zero-order valence-electron chi connectivity index (χ0n) is 17.7. The predicted octanol–water partition coefficient (Wildman–Crippen LogP) is 4.49. The second-order valence-electron chi connectivity index (χ2n) is 9.12. The normalized spacial score (nSPS) is 22.8. The molecule has 7 heteroatoms. The average Bonchev–Trinajstić information content (AvgIpc) is 2.90. The number of hydrogen-bond acceptors (Lipinski definition) is 5. The molecule has 2 aliphatic heterocycles. The Morgan fingerprint density at radius 2 is 1.97 bits per heavy atom. The molecule has 3 heterocycles. The molecule has 160 valence electrons. The Labute approximate surface area is 181 Å². The van der Waals surface area contributed by atoms with Crippen LogP contribution in [0.15, 0.2) is 36.5 Å². The van der Waals surface area contributed by atoms with Gasteiger partial charge in [0.25, 0.3) is 0 Å². The zero-order chi connectivity index (χ0) is 21.7. The van der Waals surface area contributed by atoms with Crippen molar-refractivity contribution in [3.63, 3.8) is 0 Å². The molecule has 1 fully saturated rings. The van der Waals surface area contributed by atoms with Gasteiger partial charge in [0.05, 0.1) is 5.69 Å². The Hall–Kier alpha value is -2.15. The van der Waals surface area contributed by atoms with Crippen molar-refractivity contribution in [1.29, 1.82) is 0 Å². The SMILES string of the molecule is Cc1cc(Cl)cc(C2(O)OC3(CCN(C(=O)OC(C)(C)C)CC3)c3ncccc32)c1. The number of ether oxygens (including phenoxy) is 2. The van der Waals surface area contributed by atoms with Crippen LogP contribution in [-0.4, -0.2) is 39.8 Å². The number of carbonyl (C=O) groups excluding carboxylic acids is 1. The lowest BCUT2D eigenvalue weighted by molar-refractivity contribution is -0.244. The number of aromatic nitrogens is 1. The summed E-state index contributed by atoms with van der Waals surface area (Å²) in [7, 11) is 0. The number of piperidine rings is 1. The highest BCUT2D eigenvalue weighted by molar-refractivity contribution is 6.30. The van der Waals surface area contributed by atoms with Gasteiger partial charge in [-0.15, -0.1) is 0 Å². The van der Waals surface area contributed by atoms with Crippen molar-refractivity contribution < 1.29 is 19.4 Å². The molecule has 1 aromatic carbocycles. The number of hydrogen-bond donors (Lipinski definition) is 1. The molecule has 1 aromatic heterocycles. The number of aliphatic hydroxyl groups is 1. The number of amides is 1. The number of likely N-dealkylation sites (tertiary alicyclic amines) is 1. The van der Waals surface area contributed by atoms with E-state index in [1.807, 2.05) is 45.9 Å². The number of fused-ring (bicyclic) bond motifs is 2. The number of aryl methyl sites for hydroxylation is 1. The molecule has 4 rings (SSSR count). The first-order valence-corrected chi connectivity index (χ1v) is 10.5.